The molecule has 0 aliphatic carbocycles. The Morgan fingerprint density at radius 3 is 2.61 bits per heavy atom. The SMILES string of the molecule is CCC(CC)NC(CC)c1ccc2c(c1)CCO2. The maximum atomic E-state index is 5.57. The third-order valence-electron chi connectivity index (χ3n) is 3.95. The summed E-state index contributed by atoms with van der Waals surface area (Å²) in [7, 11) is 0. The van der Waals surface area contributed by atoms with E-state index in [0.717, 1.165) is 25.2 Å². The fraction of sp³-hybridized carbons (Fsp3) is 0.625. The van der Waals surface area contributed by atoms with Crippen LogP contribution in [0.25, 0.3) is 0 Å². The monoisotopic (exact) mass is 247 g/mol. The smallest absolute Gasteiger partial charge is 0.122 e. The lowest BCUT2D eigenvalue weighted by atomic mass is 9.99. The van der Waals surface area contributed by atoms with Crippen molar-refractivity contribution in [3.8, 4) is 5.75 Å². The second-order valence-corrected chi connectivity index (χ2v) is 5.11. The summed E-state index contributed by atoms with van der Waals surface area (Å²) in [6.45, 7) is 7.61. The van der Waals surface area contributed by atoms with Crippen LogP contribution < -0.4 is 10.1 Å². The summed E-state index contributed by atoms with van der Waals surface area (Å²) in [5.41, 5.74) is 2.78. The number of ether oxygens (including phenoxy) is 1. The van der Waals surface area contributed by atoms with Gasteiger partial charge in [0.2, 0.25) is 0 Å². The molecule has 1 aliphatic heterocycles. The number of hydrogen-bond acceptors (Lipinski definition) is 2. The van der Waals surface area contributed by atoms with E-state index in [-0.39, 0.29) is 0 Å². The highest BCUT2D eigenvalue weighted by Crippen LogP contribution is 2.29. The van der Waals surface area contributed by atoms with Gasteiger partial charge in [0, 0.05) is 18.5 Å². The molecule has 0 amide bonds. The molecule has 0 aromatic heterocycles. The van der Waals surface area contributed by atoms with Gasteiger partial charge in [-0.2, -0.15) is 0 Å². The lowest BCUT2D eigenvalue weighted by Gasteiger charge is -2.24. The van der Waals surface area contributed by atoms with E-state index >= 15 is 0 Å². The highest BCUT2D eigenvalue weighted by atomic mass is 16.5. The molecule has 1 unspecified atom stereocenters. The number of benzene rings is 1. The molecular weight excluding hydrogens is 222 g/mol. The van der Waals surface area contributed by atoms with Crippen LogP contribution in [0, 0.1) is 0 Å². The van der Waals surface area contributed by atoms with Crippen LogP contribution in [0.1, 0.15) is 57.2 Å². The van der Waals surface area contributed by atoms with Gasteiger partial charge in [0.1, 0.15) is 5.75 Å². The van der Waals surface area contributed by atoms with Crippen molar-refractivity contribution in [2.75, 3.05) is 6.61 Å². The van der Waals surface area contributed by atoms with Crippen LogP contribution in [0.5, 0.6) is 5.75 Å². The number of rotatable bonds is 6. The van der Waals surface area contributed by atoms with Gasteiger partial charge in [-0.15, -0.1) is 0 Å². The van der Waals surface area contributed by atoms with Crippen LogP contribution in [0.3, 0.4) is 0 Å². The topological polar surface area (TPSA) is 21.3 Å². The minimum absolute atomic E-state index is 0.473. The molecule has 100 valence electrons. The third-order valence-corrected chi connectivity index (χ3v) is 3.95. The summed E-state index contributed by atoms with van der Waals surface area (Å²) < 4.78 is 5.57. The Hall–Kier alpha value is -1.02. The summed E-state index contributed by atoms with van der Waals surface area (Å²) >= 11 is 0. The molecule has 1 heterocycles. The van der Waals surface area contributed by atoms with E-state index in [2.05, 4.69) is 44.3 Å². The van der Waals surface area contributed by atoms with Crippen LogP contribution in [0.15, 0.2) is 18.2 Å². The zero-order chi connectivity index (χ0) is 13.0. The van der Waals surface area contributed by atoms with Crippen molar-refractivity contribution >= 4 is 0 Å². The maximum absolute atomic E-state index is 5.57. The molecule has 2 rings (SSSR count). The Kier molecular flexibility index (Phi) is 4.65. The zero-order valence-corrected chi connectivity index (χ0v) is 11.8. The first kappa shape index (κ1) is 13.4. The molecule has 18 heavy (non-hydrogen) atoms. The average molecular weight is 247 g/mol. The van der Waals surface area contributed by atoms with Crippen LogP contribution in [-0.2, 0) is 6.42 Å². The van der Waals surface area contributed by atoms with E-state index < -0.39 is 0 Å². The fourth-order valence-corrected chi connectivity index (χ4v) is 2.68. The predicted octanol–water partition coefficient (Wildman–Crippen LogP) is 3.85. The highest BCUT2D eigenvalue weighted by molar-refractivity contribution is 5.40. The van der Waals surface area contributed by atoms with Crippen LogP contribution >= 0.6 is 0 Å². The molecule has 0 saturated carbocycles. The van der Waals surface area contributed by atoms with Crippen LogP contribution in [-0.4, -0.2) is 12.6 Å². The van der Waals surface area contributed by atoms with Gasteiger partial charge in [-0.3, -0.25) is 0 Å². The molecular formula is C16H25NO. The Labute approximate surface area is 111 Å². The van der Waals surface area contributed by atoms with E-state index in [0.29, 0.717) is 12.1 Å². The van der Waals surface area contributed by atoms with Gasteiger partial charge in [-0.1, -0.05) is 32.9 Å². The van der Waals surface area contributed by atoms with Crippen molar-refractivity contribution in [3.05, 3.63) is 29.3 Å². The van der Waals surface area contributed by atoms with E-state index in [4.69, 9.17) is 4.74 Å². The van der Waals surface area contributed by atoms with Gasteiger partial charge in [0.15, 0.2) is 0 Å². The minimum Gasteiger partial charge on any atom is -0.493 e. The first-order valence-electron chi connectivity index (χ1n) is 7.30. The molecule has 1 aromatic rings. The van der Waals surface area contributed by atoms with Crippen LogP contribution in [0.4, 0.5) is 0 Å². The highest BCUT2D eigenvalue weighted by Gasteiger charge is 2.17. The predicted molar refractivity (Wildman–Crippen MR) is 76.2 cm³/mol. The maximum Gasteiger partial charge on any atom is 0.122 e. The van der Waals surface area contributed by atoms with Crippen molar-refractivity contribution in [2.24, 2.45) is 0 Å². The first-order chi connectivity index (χ1) is 8.78. The summed E-state index contributed by atoms with van der Waals surface area (Å²) in [6.07, 6.45) is 4.59. The van der Waals surface area contributed by atoms with Gasteiger partial charge in [-0.25, -0.2) is 0 Å². The van der Waals surface area contributed by atoms with Gasteiger partial charge < -0.3 is 10.1 Å². The van der Waals surface area contributed by atoms with Gasteiger partial charge >= 0.3 is 0 Å². The van der Waals surface area contributed by atoms with Crippen molar-refractivity contribution in [3.63, 3.8) is 0 Å². The zero-order valence-electron chi connectivity index (χ0n) is 11.8. The van der Waals surface area contributed by atoms with Gasteiger partial charge in [0.25, 0.3) is 0 Å². The molecule has 0 saturated heterocycles. The molecule has 1 aromatic carbocycles. The second-order valence-electron chi connectivity index (χ2n) is 5.11. The number of fused-ring (bicyclic) bond motifs is 1. The third kappa shape index (κ3) is 2.86. The molecule has 1 N–H and O–H groups in total. The normalized spacial score (nSPS) is 15.6. The second kappa shape index (κ2) is 6.24. The van der Waals surface area contributed by atoms with Crippen molar-refractivity contribution < 1.29 is 4.74 Å². The quantitative estimate of drug-likeness (QED) is 0.824. The summed E-state index contributed by atoms with van der Waals surface area (Å²) in [6, 6.07) is 7.77. The summed E-state index contributed by atoms with van der Waals surface area (Å²) in [5.74, 6) is 1.08. The molecule has 0 spiro atoms. The molecule has 0 fully saturated rings. The number of hydrogen-bond donors (Lipinski definition) is 1. The van der Waals surface area contributed by atoms with E-state index in [1.165, 1.54) is 24.0 Å². The minimum atomic E-state index is 0.473. The fourth-order valence-electron chi connectivity index (χ4n) is 2.68. The molecule has 0 bridgehead atoms. The molecule has 2 heteroatoms. The molecule has 1 aliphatic rings. The Morgan fingerprint density at radius 2 is 1.94 bits per heavy atom. The summed E-state index contributed by atoms with van der Waals surface area (Å²) in [4.78, 5) is 0. The molecule has 1 atom stereocenters. The molecule has 2 nitrogen and oxygen atoms in total. The lowest BCUT2D eigenvalue weighted by molar-refractivity contribution is 0.356. The van der Waals surface area contributed by atoms with E-state index in [9.17, 15) is 0 Å². The van der Waals surface area contributed by atoms with Crippen molar-refractivity contribution in [2.45, 2.75) is 58.5 Å². The lowest BCUT2D eigenvalue weighted by Crippen LogP contribution is -2.31. The summed E-state index contributed by atoms with van der Waals surface area (Å²) in [5, 5.41) is 3.77. The Balaban J connectivity index is 2.12. The largest absolute Gasteiger partial charge is 0.493 e. The molecule has 0 radical (unpaired) electrons. The van der Waals surface area contributed by atoms with E-state index in [1.807, 2.05) is 0 Å². The Bertz CT molecular complexity index is 385. The van der Waals surface area contributed by atoms with Crippen molar-refractivity contribution in [1.82, 2.24) is 5.32 Å². The van der Waals surface area contributed by atoms with Gasteiger partial charge in [-0.05, 0) is 36.5 Å². The average Bonchev–Trinajstić information content (AvgIpc) is 2.87. The standard InChI is InChI=1S/C16H25NO/c1-4-14(5-2)17-15(6-3)12-7-8-16-13(11-12)9-10-18-16/h7-8,11,14-15,17H,4-6,9-10H2,1-3H3. The van der Waals surface area contributed by atoms with Crippen LogP contribution in [0.2, 0.25) is 0 Å². The van der Waals surface area contributed by atoms with E-state index in [1.54, 1.807) is 0 Å². The first-order valence-corrected chi connectivity index (χ1v) is 7.30. The Morgan fingerprint density at radius 1 is 1.17 bits per heavy atom. The van der Waals surface area contributed by atoms with Crippen molar-refractivity contribution in [1.29, 1.82) is 0 Å². The number of nitrogens with one attached hydrogen (secondary N) is 1. The van der Waals surface area contributed by atoms with Gasteiger partial charge in [0.05, 0.1) is 6.61 Å².